The fourth-order valence-corrected chi connectivity index (χ4v) is 1.42. The fourth-order valence-electron chi connectivity index (χ4n) is 1.42. The second kappa shape index (κ2) is 5.68. The summed E-state index contributed by atoms with van der Waals surface area (Å²) in [5, 5.41) is 12.1. The Morgan fingerprint density at radius 1 is 1.47 bits per heavy atom. The van der Waals surface area contributed by atoms with Gasteiger partial charge in [-0.15, -0.1) is 0 Å². The number of phenolic OH excluding ortho intramolecular Hbond substituents is 1. The Labute approximate surface area is 102 Å². The number of aromatic hydroxyl groups is 1. The molecule has 1 rings (SSSR count). The van der Waals surface area contributed by atoms with Crippen molar-refractivity contribution in [2.24, 2.45) is 0 Å². The van der Waals surface area contributed by atoms with Gasteiger partial charge < -0.3 is 15.3 Å². The van der Waals surface area contributed by atoms with Gasteiger partial charge in [-0.1, -0.05) is 0 Å². The van der Waals surface area contributed by atoms with Crippen LogP contribution in [-0.2, 0) is 0 Å². The lowest BCUT2D eigenvalue weighted by molar-refractivity contribution is 0.0943. The molecular weight excluding hydrogens is 216 g/mol. The minimum absolute atomic E-state index is 0.101. The molecule has 1 unspecified atom stereocenters. The minimum Gasteiger partial charge on any atom is -0.508 e. The van der Waals surface area contributed by atoms with Crippen molar-refractivity contribution in [1.29, 1.82) is 0 Å². The summed E-state index contributed by atoms with van der Waals surface area (Å²) in [6.45, 7) is 4.46. The van der Waals surface area contributed by atoms with Crippen molar-refractivity contribution in [3.63, 3.8) is 0 Å². The first-order valence-corrected chi connectivity index (χ1v) is 5.66. The molecule has 17 heavy (non-hydrogen) atoms. The largest absolute Gasteiger partial charge is 0.508 e. The number of likely N-dealkylation sites (N-methyl/N-ethyl adjacent to an activating group) is 1. The Morgan fingerprint density at radius 3 is 2.65 bits per heavy atom. The first-order chi connectivity index (χ1) is 7.91. The maximum atomic E-state index is 11.9. The SMILES string of the molecule is Cc1cc(O)ccc1C(=O)NCC(C)N(C)C. The van der Waals surface area contributed by atoms with E-state index >= 15 is 0 Å². The topological polar surface area (TPSA) is 52.6 Å². The van der Waals surface area contributed by atoms with E-state index in [1.165, 1.54) is 6.07 Å². The van der Waals surface area contributed by atoms with Crippen molar-refractivity contribution in [2.45, 2.75) is 19.9 Å². The van der Waals surface area contributed by atoms with Crippen LogP contribution in [0.3, 0.4) is 0 Å². The van der Waals surface area contributed by atoms with E-state index in [4.69, 9.17) is 0 Å². The zero-order valence-electron chi connectivity index (χ0n) is 10.8. The second-order valence-corrected chi connectivity index (χ2v) is 4.52. The van der Waals surface area contributed by atoms with E-state index in [2.05, 4.69) is 5.32 Å². The molecule has 0 spiro atoms. The van der Waals surface area contributed by atoms with E-state index < -0.39 is 0 Å². The zero-order valence-corrected chi connectivity index (χ0v) is 10.8. The van der Waals surface area contributed by atoms with Crippen LogP contribution in [0.1, 0.15) is 22.8 Å². The van der Waals surface area contributed by atoms with Gasteiger partial charge >= 0.3 is 0 Å². The van der Waals surface area contributed by atoms with Gasteiger partial charge in [-0.2, -0.15) is 0 Å². The number of carbonyl (C=O) groups excluding carboxylic acids is 1. The number of hydrogen-bond donors (Lipinski definition) is 2. The van der Waals surface area contributed by atoms with Crippen molar-refractivity contribution in [1.82, 2.24) is 10.2 Å². The Hall–Kier alpha value is -1.55. The smallest absolute Gasteiger partial charge is 0.251 e. The van der Waals surface area contributed by atoms with Gasteiger partial charge in [-0.05, 0) is 51.7 Å². The van der Waals surface area contributed by atoms with Crippen LogP contribution in [0.4, 0.5) is 0 Å². The van der Waals surface area contributed by atoms with Crippen molar-refractivity contribution < 1.29 is 9.90 Å². The molecular formula is C13H20N2O2. The highest BCUT2D eigenvalue weighted by atomic mass is 16.3. The molecule has 4 nitrogen and oxygen atoms in total. The Morgan fingerprint density at radius 2 is 2.12 bits per heavy atom. The molecule has 0 heterocycles. The predicted molar refractivity (Wildman–Crippen MR) is 68.3 cm³/mol. The number of benzene rings is 1. The molecule has 0 aliphatic carbocycles. The maximum Gasteiger partial charge on any atom is 0.251 e. The highest BCUT2D eigenvalue weighted by molar-refractivity contribution is 5.95. The lowest BCUT2D eigenvalue weighted by Crippen LogP contribution is -2.38. The van der Waals surface area contributed by atoms with E-state index in [1.54, 1.807) is 12.1 Å². The van der Waals surface area contributed by atoms with Gasteiger partial charge in [0.1, 0.15) is 5.75 Å². The average molecular weight is 236 g/mol. The quantitative estimate of drug-likeness (QED) is 0.830. The van der Waals surface area contributed by atoms with Crippen LogP contribution in [0.15, 0.2) is 18.2 Å². The van der Waals surface area contributed by atoms with Gasteiger partial charge in [0.25, 0.3) is 5.91 Å². The van der Waals surface area contributed by atoms with E-state index in [0.717, 1.165) is 5.56 Å². The monoisotopic (exact) mass is 236 g/mol. The molecule has 0 aliphatic heterocycles. The van der Waals surface area contributed by atoms with Crippen molar-refractivity contribution in [3.8, 4) is 5.75 Å². The van der Waals surface area contributed by atoms with Crippen molar-refractivity contribution in [3.05, 3.63) is 29.3 Å². The third kappa shape index (κ3) is 3.75. The van der Waals surface area contributed by atoms with Gasteiger partial charge in [0.05, 0.1) is 0 Å². The van der Waals surface area contributed by atoms with Gasteiger partial charge in [0.2, 0.25) is 0 Å². The summed E-state index contributed by atoms with van der Waals surface area (Å²) in [5.74, 6) is 0.0805. The van der Waals surface area contributed by atoms with Crippen LogP contribution in [0, 0.1) is 6.92 Å². The Kier molecular flexibility index (Phi) is 4.52. The first kappa shape index (κ1) is 13.5. The van der Waals surface area contributed by atoms with E-state index in [0.29, 0.717) is 12.1 Å². The summed E-state index contributed by atoms with van der Waals surface area (Å²) in [5.41, 5.74) is 1.38. The molecule has 1 atom stereocenters. The number of amides is 1. The van der Waals surface area contributed by atoms with Crippen LogP contribution in [0.2, 0.25) is 0 Å². The van der Waals surface area contributed by atoms with Crippen LogP contribution in [-0.4, -0.2) is 42.6 Å². The predicted octanol–water partition coefficient (Wildman–Crippen LogP) is 1.38. The third-order valence-corrected chi connectivity index (χ3v) is 2.89. The van der Waals surface area contributed by atoms with Crippen molar-refractivity contribution in [2.75, 3.05) is 20.6 Å². The summed E-state index contributed by atoms with van der Waals surface area (Å²) in [6.07, 6.45) is 0. The average Bonchev–Trinajstić information content (AvgIpc) is 2.25. The summed E-state index contributed by atoms with van der Waals surface area (Å²) >= 11 is 0. The fraction of sp³-hybridized carbons (Fsp3) is 0.462. The molecule has 1 amide bonds. The molecule has 1 aromatic rings. The number of nitrogens with zero attached hydrogens (tertiary/aromatic N) is 1. The zero-order chi connectivity index (χ0) is 13.0. The van der Waals surface area contributed by atoms with Gasteiger partial charge in [0.15, 0.2) is 0 Å². The van der Waals surface area contributed by atoms with Crippen LogP contribution in [0.5, 0.6) is 5.75 Å². The maximum absolute atomic E-state index is 11.9. The third-order valence-electron chi connectivity index (χ3n) is 2.89. The summed E-state index contributed by atoms with van der Waals surface area (Å²) in [4.78, 5) is 13.9. The van der Waals surface area contributed by atoms with Gasteiger partial charge in [-0.3, -0.25) is 4.79 Å². The Bertz CT molecular complexity index is 402. The normalized spacial score (nSPS) is 12.5. The highest BCUT2D eigenvalue weighted by Gasteiger charge is 2.11. The number of carbonyl (C=O) groups is 1. The molecule has 0 bridgehead atoms. The molecule has 2 N–H and O–H groups in total. The van der Waals surface area contributed by atoms with Crippen LogP contribution in [0.25, 0.3) is 0 Å². The highest BCUT2D eigenvalue weighted by Crippen LogP contribution is 2.15. The van der Waals surface area contributed by atoms with Crippen molar-refractivity contribution >= 4 is 5.91 Å². The Balaban J connectivity index is 2.64. The number of phenols is 1. The number of aryl methyl sites for hydroxylation is 1. The van der Waals surface area contributed by atoms with Gasteiger partial charge in [-0.25, -0.2) is 0 Å². The molecule has 0 fully saturated rings. The lowest BCUT2D eigenvalue weighted by atomic mass is 10.1. The van der Waals surface area contributed by atoms with E-state index in [9.17, 15) is 9.90 Å². The number of rotatable bonds is 4. The number of hydrogen-bond acceptors (Lipinski definition) is 3. The first-order valence-electron chi connectivity index (χ1n) is 5.66. The minimum atomic E-state index is -0.101. The summed E-state index contributed by atoms with van der Waals surface area (Å²) in [6, 6.07) is 5.04. The number of nitrogens with one attached hydrogen (secondary N) is 1. The molecule has 94 valence electrons. The van der Waals surface area contributed by atoms with E-state index in [-0.39, 0.29) is 17.7 Å². The molecule has 0 saturated heterocycles. The molecule has 1 aromatic carbocycles. The van der Waals surface area contributed by atoms with Crippen LogP contribution < -0.4 is 5.32 Å². The summed E-state index contributed by atoms with van der Waals surface area (Å²) < 4.78 is 0. The second-order valence-electron chi connectivity index (χ2n) is 4.52. The van der Waals surface area contributed by atoms with Gasteiger partial charge in [0, 0.05) is 18.2 Å². The molecule has 0 saturated carbocycles. The lowest BCUT2D eigenvalue weighted by Gasteiger charge is -2.20. The molecule has 0 radical (unpaired) electrons. The summed E-state index contributed by atoms with van der Waals surface area (Å²) in [7, 11) is 3.95. The standard InChI is InChI=1S/C13H20N2O2/c1-9-7-11(16)5-6-12(9)13(17)14-8-10(2)15(3)4/h5-7,10,16H,8H2,1-4H3,(H,14,17). The molecule has 0 aromatic heterocycles. The molecule has 4 heteroatoms. The molecule has 0 aliphatic rings. The van der Waals surface area contributed by atoms with Crippen LogP contribution >= 0.6 is 0 Å². The van der Waals surface area contributed by atoms with E-state index in [1.807, 2.05) is 32.8 Å².